The summed E-state index contributed by atoms with van der Waals surface area (Å²) in [6, 6.07) is 6.09. The van der Waals surface area contributed by atoms with E-state index in [-0.39, 0.29) is 0 Å². The number of halogens is 1. The Morgan fingerprint density at radius 1 is 1.47 bits per heavy atom. The highest BCUT2D eigenvalue weighted by atomic mass is 79.9. The van der Waals surface area contributed by atoms with Crippen LogP contribution in [0.2, 0.25) is 0 Å². The van der Waals surface area contributed by atoms with Gasteiger partial charge in [0.25, 0.3) is 0 Å². The molecule has 1 atom stereocenters. The molecule has 0 fully saturated rings. The van der Waals surface area contributed by atoms with Crippen LogP contribution in [-0.4, -0.2) is 13.7 Å². The molecule has 1 unspecified atom stereocenters. The smallest absolute Gasteiger partial charge is 0.122 e. The van der Waals surface area contributed by atoms with Crippen molar-refractivity contribution in [2.75, 3.05) is 13.7 Å². The summed E-state index contributed by atoms with van der Waals surface area (Å²) in [5.74, 6) is 1.48. The van der Waals surface area contributed by atoms with Crippen molar-refractivity contribution in [1.82, 2.24) is 0 Å². The molecular formula is C12H18BrNO. The molecule has 0 bridgehead atoms. The van der Waals surface area contributed by atoms with Gasteiger partial charge in [0.05, 0.1) is 7.11 Å². The predicted octanol–water partition coefficient (Wildman–Crippen LogP) is 2.99. The number of hydrogen-bond donors (Lipinski definition) is 1. The molecule has 1 rings (SSSR count). The van der Waals surface area contributed by atoms with Crippen molar-refractivity contribution in [3.63, 3.8) is 0 Å². The van der Waals surface area contributed by atoms with E-state index in [1.54, 1.807) is 7.11 Å². The highest BCUT2D eigenvalue weighted by Crippen LogP contribution is 2.25. The lowest BCUT2D eigenvalue weighted by Gasteiger charge is -2.15. The number of nitrogens with two attached hydrogens (primary N) is 1. The van der Waals surface area contributed by atoms with E-state index in [1.807, 2.05) is 12.1 Å². The average molecular weight is 272 g/mol. The highest BCUT2D eigenvalue weighted by molar-refractivity contribution is 9.10. The van der Waals surface area contributed by atoms with Crippen molar-refractivity contribution in [3.8, 4) is 5.75 Å². The average Bonchev–Trinajstić information content (AvgIpc) is 2.26. The van der Waals surface area contributed by atoms with Gasteiger partial charge in [0.15, 0.2) is 0 Å². The van der Waals surface area contributed by atoms with Gasteiger partial charge >= 0.3 is 0 Å². The van der Waals surface area contributed by atoms with Crippen LogP contribution in [0.25, 0.3) is 0 Å². The van der Waals surface area contributed by atoms with Crippen molar-refractivity contribution in [1.29, 1.82) is 0 Å². The molecule has 0 aliphatic heterocycles. The zero-order chi connectivity index (χ0) is 11.3. The Morgan fingerprint density at radius 2 is 2.20 bits per heavy atom. The molecule has 0 amide bonds. The van der Waals surface area contributed by atoms with Crippen molar-refractivity contribution in [2.45, 2.75) is 19.8 Å². The van der Waals surface area contributed by atoms with Crippen LogP contribution in [-0.2, 0) is 6.42 Å². The van der Waals surface area contributed by atoms with Crippen LogP contribution >= 0.6 is 15.9 Å². The van der Waals surface area contributed by atoms with Crippen LogP contribution in [0.4, 0.5) is 0 Å². The van der Waals surface area contributed by atoms with Crippen molar-refractivity contribution >= 4 is 15.9 Å². The van der Waals surface area contributed by atoms with Gasteiger partial charge in [-0.15, -0.1) is 0 Å². The quantitative estimate of drug-likeness (QED) is 0.894. The van der Waals surface area contributed by atoms with Gasteiger partial charge in [0.2, 0.25) is 0 Å². The summed E-state index contributed by atoms with van der Waals surface area (Å²) in [6.07, 6.45) is 2.09. The van der Waals surface area contributed by atoms with Crippen molar-refractivity contribution in [3.05, 3.63) is 28.2 Å². The third-order valence-corrected chi connectivity index (χ3v) is 3.15. The summed E-state index contributed by atoms with van der Waals surface area (Å²) in [5, 5.41) is 0. The maximum Gasteiger partial charge on any atom is 0.122 e. The number of benzene rings is 1. The van der Waals surface area contributed by atoms with E-state index < -0.39 is 0 Å². The van der Waals surface area contributed by atoms with E-state index in [0.717, 1.165) is 29.6 Å². The molecule has 2 N–H and O–H groups in total. The summed E-state index contributed by atoms with van der Waals surface area (Å²) in [5.41, 5.74) is 6.93. The predicted molar refractivity (Wildman–Crippen MR) is 67.2 cm³/mol. The minimum atomic E-state index is 0.535. The molecule has 1 aromatic carbocycles. The van der Waals surface area contributed by atoms with Gasteiger partial charge in [-0.05, 0) is 42.6 Å². The normalized spacial score (nSPS) is 12.5. The van der Waals surface area contributed by atoms with Crippen LogP contribution in [0.15, 0.2) is 22.7 Å². The van der Waals surface area contributed by atoms with Crippen LogP contribution in [0.5, 0.6) is 5.75 Å². The molecule has 0 radical (unpaired) electrons. The first-order chi connectivity index (χ1) is 7.21. The minimum Gasteiger partial charge on any atom is -0.496 e. The summed E-state index contributed by atoms with van der Waals surface area (Å²) in [7, 11) is 1.70. The van der Waals surface area contributed by atoms with E-state index in [4.69, 9.17) is 10.5 Å². The van der Waals surface area contributed by atoms with Crippen molar-refractivity contribution < 1.29 is 4.74 Å². The highest BCUT2D eigenvalue weighted by Gasteiger charge is 2.09. The Morgan fingerprint density at radius 3 is 2.73 bits per heavy atom. The molecule has 0 aromatic heterocycles. The van der Waals surface area contributed by atoms with Gasteiger partial charge in [-0.3, -0.25) is 0 Å². The molecule has 0 heterocycles. The third kappa shape index (κ3) is 3.50. The first kappa shape index (κ1) is 12.5. The Kier molecular flexibility index (Phi) is 5.12. The topological polar surface area (TPSA) is 35.2 Å². The molecule has 1 aromatic rings. The second-order valence-corrected chi connectivity index (χ2v) is 4.59. The molecule has 2 nitrogen and oxygen atoms in total. The lowest BCUT2D eigenvalue weighted by molar-refractivity contribution is 0.403. The van der Waals surface area contributed by atoms with Gasteiger partial charge < -0.3 is 10.5 Å². The van der Waals surface area contributed by atoms with E-state index in [2.05, 4.69) is 28.9 Å². The lowest BCUT2D eigenvalue weighted by atomic mass is 9.96. The Bertz CT molecular complexity index is 310. The Labute approximate surface area is 99.9 Å². The Hall–Kier alpha value is -0.540. The maximum absolute atomic E-state index is 5.71. The number of ether oxygens (including phenoxy) is 1. The van der Waals surface area contributed by atoms with Gasteiger partial charge in [-0.2, -0.15) is 0 Å². The molecule has 0 saturated carbocycles. The van der Waals surface area contributed by atoms with Gasteiger partial charge in [0, 0.05) is 4.47 Å². The van der Waals surface area contributed by atoms with Gasteiger partial charge in [-0.25, -0.2) is 0 Å². The largest absolute Gasteiger partial charge is 0.496 e. The maximum atomic E-state index is 5.71. The number of hydrogen-bond acceptors (Lipinski definition) is 2. The molecule has 0 saturated heterocycles. The minimum absolute atomic E-state index is 0.535. The van der Waals surface area contributed by atoms with E-state index in [1.165, 1.54) is 5.56 Å². The summed E-state index contributed by atoms with van der Waals surface area (Å²) >= 11 is 3.47. The van der Waals surface area contributed by atoms with E-state index >= 15 is 0 Å². The first-order valence-corrected chi connectivity index (χ1v) is 6.03. The third-order valence-electron chi connectivity index (χ3n) is 2.66. The van der Waals surface area contributed by atoms with E-state index in [0.29, 0.717) is 5.92 Å². The zero-order valence-corrected chi connectivity index (χ0v) is 10.9. The van der Waals surface area contributed by atoms with Crippen LogP contribution < -0.4 is 10.5 Å². The van der Waals surface area contributed by atoms with Gasteiger partial charge in [-0.1, -0.05) is 29.3 Å². The standard InChI is InChI=1S/C12H18BrNO/c1-3-9(8-14)6-10-7-11(13)4-5-12(10)15-2/h4-5,7,9H,3,6,8,14H2,1-2H3. The first-order valence-electron chi connectivity index (χ1n) is 5.23. The fraction of sp³-hybridized carbons (Fsp3) is 0.500. The van der Waals surface area contributed by atoms with Crippen LogP contribution in [0.1, 0.15) is 18.9 Å². The van der Waals surface area contributed by atoms with Crippen molar-refractivity contribution in [2.24, 2.45) is 11.7 Å². The molecule has 0 aliphatic carbocycles. The zero-order valence-electron chi connectivity index (χ0n) is 9.29. The van der Waals surface area contributed by atoms with Crippen LogP contribution in [0.3, 0.4) is 0 Å². The number of rotatable bonds is 5. The lowest BCUT2D eigenvalue weighted by Crippen LogP contribution is -2.16. The molecule has 0 spiro atoms. The summed E-state index contributed by atoms with van der Waals surface area (Å²) in [4.78, 5) is 0. The fourth-order valence-corrected chi connectivity index (χ4v) is 2.02. The van der Waals surface area contributed by atoms with Crippen LogP contribution in [0, 0.1) is 5.92 Å². The fourth-order valence-electron chi connectivity index (χ4n) is 1.61. The molecule has 0 aliphatic rings. The number of methoxy groups -OCH3 is 1. The molecular weight excluding hydrogens is 254 g/mol. The summed E-state index contributed by atoms with van der Waals surface area (Å²) < 4.78 is 6.42. The van der Waals surface area contributed by atoms with E-state index in [9.17, 15) is 0 Å². The molecule has 15 heavy (non-hydrogen) atoms. The van der Waals surface area contributed by atoms with Gasteiger partial charge in [0.1, 0.15) is 5.75 Å². The monoisotopic (exact) mass is 271 g/mol. The molecule has 84 valence electrons. The Balaban J connectivity index is 2.86. The second-order valence-electron chi connectivity index (χ2n) is 3.67. The molecule has 3 heteroatoms. The SMILES string of the molecule is CCC(CN)Cc1cc(Br)ccc1OC. The summed E-state index contributed by atoms with van der Waals surface area (Å²) in [6.45, 7) is 2.90. The second kappa shape index (κ2) is 6.13.